The first-order chi connectivity index (χ1) is 51.9. The van der Waals surface area contributed by atoms with E-state index in [1.54, 1.807) is 0 Å². The van der Waals surface area contributed by atoms with Crippen LogP contribution in [0.2, 0.25) is 0 Å². The zero-order valence-electron chi connectivity index (χ0n) is 57.9. The number of para-hydroxylation sites is 5. The van der Waals surface area contributed by atoms with E-state index in [9.17, 15) is 5.26 Å². The van der Waals surface area contributed by atoms with E-state index in [0.29, 0.717) is 40.5 Å². The zero-order valence-corrected chi connectivity index (χ0v) is 59.5. The average Bonchev–Trinajstić information content (AvgIpc) is 1.62. The molecule has 512 valence electrons. The Morgan fingerprint density at radius 1 is 0.308 bits per heavy atom. The topological polar surface area (TPSA) is 113 Å². The van der Waals surface area contributed by atoms with Gasteiger partial charge in [-0.3, -0.25) is 0 Å². The quantitative estimate of drug-likeness (QED) is 0.102. The SMILES string of the molecule is Cc1ccc(-c2nc(-c3ccccc3)nc(-c3ccccc3)n2)cc1C#N.[BH4-].[CH3-].c1ccc(-c2nc(-c3ccccc3)nc(-c3ccc(-n4c5ccccc5c5cc6c(cc54)Sc4ccccc4N6c4ccccc4)cc3)n2)cc1.c1ccc(N2c3ccccc3Sc3cc4c(cc32)-c2ccccc2C4)cc1. The molecule has 3 aromatic heterocycles. The van der Waals surface area contributed by atoms with Crippen LogP contribution >= 0.6 is 23.5 Å². The number of nitrogens with zero attached hydrogens (tertiary/aromatic N) is 10. The van der Waals surface area contributed by atoms with Crippen molar-refractivity contribution in [2.45, 2.75) is 32.9 Å². The molecular formula is C94H69BN10S2-2. The molecule has 5 heterocycles. The van der Waals surface area contributed by atoms with Crippen LogP contribution in [0.15, 0.2) is 365 Å². The van der Waals surface area contributed by atoms with Crippen LogP contribution in [0.25, 0.3) is 107 Å². The highest BCUT2D eigenvalue weighted by molar-refractivity contribution is 8.00. The Balaban J connectivity index is 0.000000133. The molecule has 3 aliphatic rings. The van der Waals surface area contributed by atoms with Crippen LogP contribution in [-0.4, -0.2) is 42.9 Å². The number of aryl methyl sites for hydroxylation is 1. The second kappa shape index (κ2) is 29.8. The van der Waals surface area contributed by atoms with Gasteiger partial charge in [0.05, 0.1) is 45.4 Å². The molecule has 107 heavy (non-hydrogen) atoms. The molecule has 17 aromatic rings. The highest BCUT2D eigenvalue weighted by atomic mass is 32.2. The smallest absolute Gasteiger partial charge is 0.164 e. The van der Waals surface area contributed by atoms with E-state index in [4.69, 9.17) is 15.0 Å². The van der Waals surface area contributed by atoms with Crippen molar-refractivity contribution in [1.82, 2.24) is 34.5 Å². The number of aromatic nitrogens is 7. The molecule has 0 radical (unpaired) electrons. The van der Waals surface area contributed by atoms with Gasteiger partial charge in [-0.05, 0) is 150 Å². The summed E-state index contributed by atoms with van der Waals surface area (Å²) in [5.74, 6) is 3.72. The van der Waals surface area contributed by atoms with Gasteiger partial charge in [0.15, 0.2) is 34.9 Å². The fraction of sp³-hybridized carbons (Fsp3) is 0.0213. The molecule has 0 amide bonds. The summed E-state index contributed by atoms with van der Waals surface area (Å²) in [6, 6.07) is 122. The van der Waals surface area contributed by atoms with Crippen molar-refractivity contribution < 1.29 is 0 Å². The average molecular weight is 1410 g/mol. The summed E-state index contributed by atoms with van der Waals surface area (Å²) >= 11 is 3.71. The van der Waals surface area contributed by atoms with E-state index in [1.165, 1.54) is 86.6 Å². The van der Waals surface area contributed by atoms with Gasteiger partial charge >= 0.3 is 0 Å². The number of anilines is 6. The van der Waals surface area contributed by atoms with Gasteiger partial charge in [0.1, 0.15) is 0 Å². The fourth-order valence-corrected chi connectivity index (χ4v) is 16.3. The first-order valence-corrected chi connectivity index (χ1v) is 36.5. The van der Waals surface area contributed by atoms with E-state index in [-0.39, 0.29) is 15.8 Å². The summed E-state index contributed by atoms with van der Waals surface area (Å²) in [5, 5.41) is 11.8. The normalized spacial score (nSPS) is 11.9. The number of rotatable bonds is 9. The van der Waals surface area contributed by atoms with Crippen LogP contribution in [0.3, 0.4) is 0 Å². The van der Waals surface area contributed by atoms with Crippen molar-refractivity contribution in [3.05, 3.63) is 375 Å². The van der Waals surface area contributed by atoms with Gasteiger partial charge in [0.2, 0.25) is 0 Å². The van der Waals surface area contributed by atoms with E-state index >= 15 is 0 Å². The van der Waals surface area contributed by atoms with Gasteiger partial charge in [-0.15, -0.1) is 0 Å². The van der Waals surface area contributed by atoms with Crippen LogP contribution in [0, 0.1) is 25.7 Å². The summed E-state index contributed by atoms with van der Waals surface area (Å²) in [5.41, 5.74) is 23.3. The van der Waals surface area contributed by atoms with E-state index < -0.39 is 0 Å². The maximum absolute atomic E-state index is 9.35. The molecule has 0 spiro atoms. The first kappa shape index (κ1) is 68.2. The molecule has 14 aromatic carbocycles. The maximum atomic E-state index is 9.35. The Hall–Kier alpha value is -13.2. The van der Waals surface area contributed by atoms with Crippen molar-refractivity contribution >= 4 is 87.9 Å². The molecule has 0 N–H and O–H groups in total. The van der Waals surface area contributed by atoms with Crippen LogP contribution in [0.1, 0.15) is 22.3 Å². The third-order valence-corrected chi connectivity index (χ3v) is 21.4. The number of hydrogen-bond donors (Lipinski definition) is 0. The second-order valence-electron chi connectivity index (χ2n) is 25.7. The van der Waals surface area contributed by atoms with Crippen LogP contribution in [-0.2, 0) is 6.42 Å². The van der Waals surface area contributed by atoms with Gasteiger partial charge in [0, 0.05) is 80.8 Å². The summed E-state index contributed by atoms with van der Waals surface area (Å²) in [6.45, 7) is 1.92. The largest absolute Gasteiger partial charge is 0.358 e. The van der Waals surface area contributed by atoms with E-state index in [0.717, 1.165) is 62.3 Å². The van der Waals surface area contributed by atoms with E-state index in [2.05, 4.69) is 242 Å². The molecule has 20 rings (SSSR count). The van der Waals surface area contributed by atoms with Gasteiger partial charge in [0.25, 0.3) is 0 Å². The Labute approximate surface area is 632 Å². The fourth-order valence-electron chi connectivity index (χ4n) is 14.1. The summed E-state index contributed by atoms with van der Waals surface area (Å²) < 4.78 is 2.38. The lowest BCUT2D eigenvalue weighted by Crippen LogP contribution is -2.15. The molecule has 1 aliphatic carbocycles. The molecular weight excluding hydrogens is 1340 g/mol. The maximum Gasteiger partial charge on any atom is 0.164 e. The van der Waals surface area contributed by atoms with Crippen LogP contribution in [0.4, 0.5) is 34.1 Å². The molecule has 2 aliphatic heterocycles. The highest BCUT2D eigenvalue weighted by Crippen LogP contribution is 2.56. The van der Waals surface area contributed by atoms with Crippen molar-refractivity contribution in [3.63, 3.8) is 0 Å². The molecule has 0 unspecified atom stereocenters. The predicted molar refractivity (Wildman–Crippen MR) is 446 cm³/mol. The number of hydrogen-bond acceptors (Lipinski definition) is 11. The molecule has 0 atom stereocenters. The standard InChI is InChI=1S/C45H29N5S.C25H17NS.C23H16N4.CH3.BH4/c1-4-14-30(15-5-1)43-46-44(31-16-6-2-7-17-31)48-45(47-43)32-24-26-34(27-25-32)49-37-21-11-10-20-35(37)36-28-40-42(29-39(36)49)51-41-23-13-12-22-38(41)50(40)33-18-8-3-9-19-33;1-2-9-19(10-3-1)26-22-12-6-7-13-24(22)27-25-15-18-14-17-8-4-5-11-20(17)21(18)16-23(25)26;1-16-12-13-19(14-20(16)15-24)23-26-21(17-8-4-2-5-9-17)25-22(27-23)18-10-6-3-7-11-18;;/h1-29H;1-13,15-16H,14H2;2-14H,1H3;1H3;1H4/q;;;2*-1. The van der Waals surface area contributed by atoms with Crippen LogP contribution < -0.4 is 9.80 Å². The lowest BCUT2D eigenvalue weighted by Gasteiger charge is -2.33. The molecule has 0 fully saturated rings. The summed E-state index contributed by atoms with van der Waals surface area (Å²) in [7, 11) is 0. The Kier molecular flexibility index (Phi) is 19.0. The number of fused-ring (bicyclic) bond motifs is 10. The summed E-state index contributed by atoms with van der Waals surface area (Å²) in [6.07, 6.45) is 1.03. The van der Waals surface area contributed by atoms with Crippen molar-refractivity contribution in [2.24, 2.45) is 0 Å². The minimum Gasteiger partial charge on any atom is -0.358 e. The van der Waals surface area contributed by atoms with Gasteiger partial charge in [-0.1, -0.05) is 269 Å². The van der Waals surface area contributed by atoms with Crippen molar-refractivity contribution in [2.75, 3.05) is 9.80 Å². The molecule has 0 saturated heterocycles. The third kappa shape index (κ3) is 13.3. The summed E-state index contributed by atoms with van der Waals surface area (Å²) in [4.78, 5) is 38.7. The van der Waals surface area contributed by atoms with Gasteiger partial charge in [-0.25, -0.2) is 29.9 Å². The molecule has 0 bridgehead atoms. The second-order valence-corrected chi connectivity index (χ2v) is 27.9. The third-order valence-electron chi connectivity index (χ3n) is 19.2. The monoisotopic (exact) mass is 1410 g/mol. The number of nitriles is 1. The number of benzene rings is 14. The molecule has 0 saturated carbocycles. The zero-order chi connectivity index (χ0) is 70.2. The Bertz CT molecular complexity index is 6050. The highest BCUT2D eigenvalue weighted by Gasteiger charge is 2.30. The predicted octanol–water partition coefficient (Wildman–Crippen LogP) is 23.1. The van der Waals surface area contributed by atoms with Gasteiger partial charge < -0.3 is 21.8 Å². The van der Waals surface area contributed by atoms with Crippen molar-refractivity contribution in [1.29, 1.82) is 5.26 Å². The van der Waals surface area contributed by atoms with Crippen molar-refractivity contribution in [3.8, 4) is 91.2 Å². The van der Waals surface area contributed by atoms with E-state index in [1.807, 2.05) is 170 Å². The Morgan fingerprint density at radius 2 is 0.710 bits per heavy atom. The van der Waals surface area contributed by atoms with Gasteiger partial charge in [-0.2, -0.15) is 5.26 Å². The molecule has 13 heteroatoms. The lowest BCUT2D eigenvalue weighted by molar-refractivity contribution is 1.07. The lowest BCUT2D eigenvalue weighted by atomic mass is 10.0. The molecule has 10 nitrogen and oxygen atoms in total. The first-order valence-electron chi connectivity index (χ1n) is 34.8. The minimum atomic E-state index is 0. The minimum absolute atomic E-state index is 0. The van der Waals surface area contributed by atoms with Crippen LogP contribution in [0.5, 0.6) is 0 Å². The Morgan fingerprint density at radius 3 is 1.21 bits per heavy atom.